The Kier molecular flexibility index (Phi) is 3.66. The van der Waals surface area contributed by atoms with Gasteiger partial charge >= 0.3 is 0 Å². The Hall–Kier alpha value is -0.830. The van der Waals surface area contributed by atoms with Crippen molar-refractivity contribution in [2.24, 2.45) is 0 Å². The quantitative estimate of drug-likeness (QED) is 0.886. The van der Waals surface area contributed by atoms with Gasteiger partial charge in [0.15, 0.2) is 0 Å². The maximum atomic E-state index is 6.30. The third kappa shape index (κ3) is 2.58. The highest BCUT2D eigenvalue weighted by atomic mass is 79.9. The third-order valence-electron chi connectivity index (χ3n) is 3.85. The molecule has 0 bridgehead atoms. The SMILES string of the molecule is Clc1ccccc1CC1(c2cccc(Br)c2)CNC1. The van der Waals surface area contributed by atoms with E-state index in [0.29, 0.717) is 0 Å². The number of rotatable bonds is 3. The Balaban J connectivity index is 1.94. The molecule has 3 heteroatoms. The van der Waals surface area contributed by atoms with Crippen LogP contribution in [0.25, 0.3) is 0 Å². The minimum atomic E-state index is 0.175. The van der Waals surface area contributed by atoms with Crippen molar-refractivity contribution >= 4 is 27.5 Å². The van der Waals surface area contributed by atoms with E-state index in [-0.39, 0.29) is 5.41 Å². The second kappa shape index (κ2) is 5.28. The van der Waals surface area contributed by atoms with Gasteiger partial charge in [-0.2, -0.15) is 0 Å². The van der Waals surface area contributed by atoms with Crippen molar-refractivity contribution in [3.63, 3.8) is 0 Å². The van der Waals surface area contributed by atoms with Gasteiger partial charge in [0.1, 0.15) is 0 Å². The molecule has 3 rings (SSSR count). The third-order valence-corrected chi connectivity index (χ3v) is 4.71. The van der Waals surface area contributed by atoms with Crippen LogP contribution in [0.1, 0.15) is 11.1 Å². The van der Waals surface area contributed by atoms with Gasteiger partial charge in [0, 0.05) is 28.0 Å². The number of benzene rings is 2. The average Bonchev–Trinajstić information content (AvgIpc) is 2.36. The normalized spacial score (nSPS) is 16.9. The zero-order valence-corrected chi connectivity index (χ0v) is 12.8. The minimum absolute atomic E-state index is 0.175. The fraction of sp³-hybridized carbons (Fsp3) is 0.250. The average molecular weight is 337 g/mol. The highest BCUT2D eigenvalue weighted by Gasteiger charge is 2.39. The number of hydrogen-bond donors (Lipinski definition) is 1. The van der Waals surface area contributed by atoms with Crippen molar-refractivity contribution in [1.29, 1.82) is 0 Å². The topological polar surface area (TPSA) is 12.0 Å². The molecule has 0 unspecified atom stereocenters. The van der Waals surface area contributed by atoms with Crippen molar-refractivity contribution in [2.75, 3.05) is 13.1 Å². The largest absolute Gasteiger partial charge is 0.315 e. The zero-order chi connectivity index (χ0) is 13.3. The molecule has 0 atom stereocenters. The first-order chi connectivity index (χ1) is 9.20. The summed E-state index contributed by atoms with van der Waals surface area (Å²) in [6.07, 6.45) is 0.982. The summed E-state index contributed by atoms with van der Waals surface area (Å²) in [7, 11) is 0. The smallest absolute Gasteiger partial charge is 0.0438 e. The molecular formula is C16H15BrClN. The van der Waals surface area contributed by atoms with Gasteiger partial charge in [-0.25, -0.2) is 0 Å². The van der Waals surface area contributed by atoms with E-state index in [1.165, 1.54) is 11.1 Å². The van der Waals surface area contributed by atoms with Gasteiger partial charge in [-0.15, -0.1) is 0 Å². The lowest BCUT2D eigenvalue weighted by atomic mass is 9.71. The van der Waals surface area contributed by atoms with E-state index in [1.54, 1.807) is 0 Å². The van der Waals surface area contributed by atoms with E-state index in [2.05, 4.69) is 57.6 Å². The van der Waals surface area contributed by atoms with E-state index in [1.807, 2.05) is 12.1 Å². The molecule has 0 aliphatic carbocycles. The van der Waals surface area contributed by atoms with Crippen LogP contribution < -0.4 is 5.32 Å². The first-order valence-corrected chi connectivity index (χ1v) is 7.57. The number of nitrogens with one attached hydrogen (secondary N) is 1. The van der Waals surface area contributed by atoms with Crippen LogP contribution in [0.15, 0.2) is 53.0 Å². The van der Waals surface area contributed by atoms with Crippen LogP contribution in [-0.2, 0) is 11.8 Å². The molecule has 1 fully saturated rings. The van der Waals surface area contributed by atoms with Crippen LogP contribution in [0.5, 0.6) is 0 Å². The maximum absolute atomic E-state index is 6.30. The zero-order valence-electron chi connectivity index (χ0n) is 10.5. The van der Waals surface area contributed by atoms with Crippen LogP contribution in [0.2, 0.25) is 5.02 Å². The summed E-state index contributed by atoms with van der Waals surface area (Å²) in [5.74, 6) is 0. The first-order valence-electron chi connectivity index (χ1n) is 6.40. The van der Waals surface area contributed by atoms with E-state index in [9.17, 15) is 0 Å². The van der Waals surface area contributed by atoms with Gasteiger partial charge in [-0.05, 0) is 35.7 Å². The van der Waals surface area contributed by atoms with Crippen LogP contribution in [0.4, 0.5) is 0 Å². The predicted molar refractivity (Wildman–Crippen MR) is 83.8 cm³/mol. The van der Waals surface area contributed by atoms with Crippen molar-refractivity contribution in [3.05, 3.63) is 69.2 Å². The van der Waals surface area contributed by atoms with Crippen molar-refractivity contribution in [1.82, 2.24) is 5.32 Å². The monoisotopic (exact) mass is 335 g/mol. The van der Waals surface area contributed by atoms with Crippen LogP contribution in [-0.4, -0.2) is 13.1 Å². The Bertz CT molecular complexity index is 593. The van der Waals surface area contributed by atoms with E-state index < -0.39 is 0 Å². The van der Waals surface area contributed by atoms with Gasteiger partial charge in [0.25, 0.3) is 0 Å². The van der Waals surface area contributed by atoms with Gasteiger partial charge in [-0.3, -0.25) is 0 Å². The van der Waals surface area contributed by atoms with Gasteiger partial charge in [0.2, 0.25) is 0 Å². The summed E-state index contributed by atoms with van der Waals surface area (Å²) in [4.78, 5) is 0. The van der Waals surface area contributed by atoms with Gasteiger partial charge in [0.05, 0.1) is 0 Å². The molecule has 0 amide bonds. The fourth-order valence-electron chi connectivity index (χ4n) is 2.68. The highest BCUT2D eigenvalue weighted by molar-refractivity contribution is 9.10. The summed E-state index contributed by atoms with van der Waals surface area (Å²) in [6.45, 7) is 2.02. The molecule has 1 N–H and O–H groups in total. The molecule has 1 nitrogen and oxygen atoms in total. The van der Waals surface area contributed by atoms with Gasteiger partial charge in [-0.1, -0.05) is 57.9 Å². The Morgan fingerprint density at radius 3 is 2.53 bits per heavy atom. The molecule has 1 heterocycles. The van der Waals surface area contributed by atoms with Crippen LogP contribution in [0, 0.1) is 0 Å². The summed E-state index contributed by atoms with van der Waals surface area (Å²) in [6, 6.07) is 16.7. The number of hydrogen-bond acceptors (Lipinski definition) is 1. The first kappa shape index (κ1) is 13.2. The van der Waals surface area contributed by atoms with E-state index >= 15 is 0 Å². The van der Waals surface area contributed by atoms with Gasteiger partial charge < -0.3 is 5.32 Å². The lowest BCUT2D eigenvalue weighted by Gasteiger charge is -2.43. The molecule has 0 aromatic heterocycles. The molecule has 0 radical (unpaired) electrons. The predicted octanol–water partition coefficient (Wildman–Crippen LogP) is 4.19. The summed E-state index contributed by atoms with van der Waals surface area (Å²) >= 11 is 9.86. The molecule has 1 aliphatic heterocycles. The molecule has 1 saturated heterocycles. The van der Waals surface area contributed by atoms with Crippen molar-refractivity contribution in [3.8, 4) is 0 Å². The van der Waals surface area contributed by atoms with Crippen molar-refractivity contribution in [2.45, 2.75) is 11.8 Å². The van der Waals surface area contributed by atoms with E-state index in [0.717, 1.165) is 29.0 Å². The summed E-state index contributed by atoms with van der Waals surface area (Å²) < 4.78 is 1.13. The number of halogens is 2. The fourth-order valence-corrected chi connectivity index (χ4v) is 3.28. The molecule has 0 saturated carbocycles. The second-order valence-electron chi connectivity index (χ2n) is 5.16. The lowest BCUT2D eigenvalue weighted by molar-refractivity contribution is 0.274. The molecule has 1 aliphatic rings. The van der Waals surface area contributed by atoms with Crippen LogP contribution in [0.3, 0.4) is 0 Å². The Morgan fingerprint density at radius 1 is 1.11 bits per heavy atom. The molecule has 98 valence electrons. The Morgan fingerprint density at radius 2 is 1.89 bits per heavy atom. The summed E-state index contributed by atoms with van der Waals surface area (Å²) in [5, 5.41) is 4.27. The minimum Gasteiger partial charge on any atom is -0.315 e. The van der Waals surface area contributed by atoms with Crippen molar-refractivity contribution < 1.29 is 0 Å². The Labute approximate surface area is 127 Å². The van der Waals surface area contributed by atoms with E-state index in [4.69, 9.17) is 11.6 Å². The molecule has 2 aromatic carbocycles. The standard InChI is InChI=1S/C16H15BrClN/c17-14-6-3-5-13(8-14)16(10-19-11-16)9-12-4-1-2-7-15(12)18/h1-8,19H,9-11H2. The molecule has 0 spiro atoms. The maximum Gasteiger partial charge on any atom is 0.0438 e. The molecular weight excluding hydrogens is 322 g/mol. The lowest BCUT2D eigenvalue weighted by Crippen LogP contribution is -2.58. The molecule has 19 heavy (non-hydrogen) atoms. The molecule has 2 aromatic rings. The van der Waals surface area contributed by atoms with Crippen LogP contribution >= 0.6 is 27.5 Å². The highest BCUT2D eigenvalue weighted by Crippen LogP contribution is 2.35. The summed E-state index contributed by atoms with van der Waals surface area (Å²) in [5.41, 5.74) is 2.78. The second-order valence-corrected chi connectivity index (χ2v) is 6.49.